The number of nitrogens with one attached hydrogen (secondary N) is 2. The third-order valence-electron chi connectivity index (χ3n) is 13.6. The van der Waals surface area contributed by atoms with Gasteiger partial charge in [-0.05, 0) is 72.2 Å². The lowest BCUT2D eigenvalue weighted by Gasteiger charge is -2.35. The summed E-state index contributed by atoms with van der Waals surface area (Å²) in [6, 6.07) is 22.3. The Hall–Kier alpha value is -6.75. The number of rotatable bonds is 27. The molecule has 3 heterocycles. The number of aromatic nitrogens is 3. The number of hydrogen-bond acceptors (Lipinski definition) is 15. The number of Topliss-reactive ketones (excluding diaryl/α,β-unsaturated/α-hetero) is 1. The first-order valence-electron chi connectivity index (χ1n) is 26.4. The van der Waals surface area contributed by atoms with E-state index < -0.39 is 56.9 Å². The molecule has 4 aromatic carbocycles. The number of sulfone groups is 1. The smallest absolute Gasteiger partial charge is 0.328 e. The van der Waals surface area contributed by atoms with E-state index in [0.717, 1.165) is 28.1 Å². The lowest BCUT2D eigenvalue weighted by molar-refractivity contribution is -0.144. The zero-order chi connectivity index (χ0) is 57.0. The molecule has 1 aliphatic heterocycles. The number of likely N-dealkylation sites (tertiary alicyclic amines) is 1. The molecule has 21 heteroatoms. The molecule has 19 nitrogen and oxygen atoms in total. The Balaban J connectivity index is 0.814. The minimum Gasteiger partial charge on any atom is -0.493 e. The van der Waals surface area contributed by atoms with E-state index in [0.29, 0.717) is 34.7 Å². The fourth-order valence-corrected chi connectivity index (χ4v) is 11.5. The van der Waals surface area contributed by atoms with Crippen LogP contribution in [0.15, 0.2) is 100 Å². The summed E-state index contributed by atoms with van der Waals surface area (Å²) in [7, 11) is -0.813. The Kier molecular flexibility index (Phi) is 20.4. The molecular formula is C58H72N6O13S2. The number of imidazole rings is 1. The molecule has 1 fully saturated rings. The maximum absolute atomic E-state index is 14.1. The topological polar surface area (TPSA) is 236 Å². The second kappa shape index (κ2) is 26.9. The normalized spacial score (nSPS) is 15.5. The quantitative estimate of drug-likeness (QED) is 0.0445. The Labute approximate surface area is 465 Å². The van der Waals surface area contributed by atoms with E-state index in [1.54, 1.807) is 61.8 Å². The molecule has 2 aromatic heterocycles. The van der Waals surface area contributed by atoms with E-state index in [2.05, 4.69) is 15.6 Å². The zero-order valence-corrected chi connectivity index (χ0v) is 47.7. The second-order valence-electron chi connectivity index (χ2n) is 20.8. The average Bonchev–Trinajstić information content (AvgIpc) is 4.13. The van der Waals surface area contributed by atoms with Crippen molar-refractivity contribution in [2.75, 3.05) is 59.3 Å². The van der Waals surface area contributed by atoms with Crippen LogP contribution in [0, 0.1) is 12.3 Å². The van der Waals surface area contributed by atoms with Crippen molar-refractivity contribution >= 4 is 55.7 Å². The van der Waals surface area contributed by atoms with Crippen LogP contribution in [0.3, 0.4) is 0 Å². The summed E-state index contributed by atoms with van der Waals surface area (Å²) in [5.41, 5.74) is 5.32. The van der Waals surface area contributed by atoms with E-state index in [1.165, 1.54) is 38.3 Å². The summed E-state index contributed by atoms with van der Waals surface area (Å²) < 4.78 is 59.7. The van der Waals surface area contributed by atoms with Crippen molar-refractivity contribution in [1.82, 2.24) is 29.7 Å². The average molecular weight is 1130 g/mol. The second-order valence-corrected chi connectivity index (χ2v) is 23.7. The fourth-order valence-electron chi connectivity index (χ4n) is 9.29. The number of aryl methyl sites for hydroxylation is 3. The molecule has 7 rings (SSSR count). The van der Waals surface area contributed by atoms with Crippen molar-refractivity contribution in [2.24, 2.45) is 19.5 Å². The van der Waals surface area contributed by atoms with E-state index in [-0.39, 0.29) is 99.2 Å². The fraction of sp³-hybridized carbons (Fsp3) is 0.448. The SMILES string of the molecule is CCCOc1cccc(Oc2cc3c(cc2CS(=O)(=O)c2cccc(C(=O)NCCOCCOCCOCC(=O)N[C@H](C(=O)N4C[C@H](O)C[C@H]4C(=O)C[C@@H](C)c4ccc(-c5scnc5C)cc4)C(C)(C)C)c2)n(C)c(=O)n3C)c1. The summed E-state index contributed by atoms with van der Waals surface area (Å²) in [6.45, 7) is 12.4. The molecular weight excluding hydrogens is 1050 g/mol. The predicted molar refractivity (Wildman–Crippen MR) is 300 cm³/mol. The van der Waals surface area contributed by atoms with Crippen LogP contribution in [0.4, 0.5) is 0 Å². The van der Waals surface area contributed by atoms with Crippen molar-refractivity contribution in [3.05, 3.63) is 123 Å². The molecule has 1 saturated heterocycles. The third kappa shape index (κ3) is 15.5. The molecule has 3 amide bonds. The Bertz CT molecular complexity index is 3270. The molecule has 0 saturated carbocycles. The highest BCUT2D eigenvalue weighted by Crippen LogP contribution is 2.35. The van der Waals surface area contributed by atoms with E-state index >= 15 is 0 Å². The molecule has 424 valence electrons. The van der Waals surface area contributed by atoms with Gasteiger partial charge in [0.05, 0.1) is 89.6 Å². The van der Waals surface area contributed by atoms with Gasteiger partial charge in [0.15, 0.2) is 15.6 Å². The number of carbonyl (C=O) groups excluding carboxylic acids is 4. The lowest BCUT2D eigenvalue weighted by atomic mass is 9.85. The number of β-amino-alcohol motifs (C(OH)–C–C–N with tert-alkyl or cyclic N) is 1. The summed E-state index contributed by atoms with van der Waals surface area (Å²) in [5.74, 6) is -0.976. The van der Waals surface area contributed by atoms with Crippen LogP contribution in [0.5, 0.6) is 17.2 Å². The number of nitrogens with zero attached hydrogens (tertiary/aromatic N) is 4. The van der Waals surface area contributed by atoms with Crippen LogP contribution in [-0.4, -0.2) is 134 Å². The Morgan fingerprint density at radius 1 is 0.861 bits per heavy atom. The minimum atomic E-state index is -4.05. The first kappa shape index (κ1) is 59.9. The number of aliphatic hydroxyl groups excluding tert-OH is 1. The first-order chi connectivity index (χ1) is 37.6. The highest BCUT2D eigenvalue weighted by atomic mass is 32.2. The highest BCUT2D eigenvalue weighted by Gasteiger charge is 2.44. The van der Waals surface area contributed by atoms with Crippen molar-refractivity contribution < 1.29 is 56.4 Å². The maximum Gasteiger partial charge on any atom is 0.328 e. The molecule has 0 spiro atoms. The van der Waals surface area contributed by atoms with E-state index in [1.807, 2.05) is 71.3 Å². The Morgan fingerprint density at radius 2 is 1.53 bits per heavy atom. The van der Waals surface area contributed by atoms with Gasteiger partial charge in [-0.1, -0.05) is 71.0 Å². The maximum atomic E-state index is 14.1. The van der Waals surface area contributed by atoms with Crippen molar-refractivity contribution in [3.63, 3.8) is 0 Å². The van der Waals surface area contributed by atoms with Gasteiger partial charge in [-0.25, -0.2) is 18.2 Å². The number of aliphatic hydroxyl groups is 1. The van der Waals surface area contributed by atoms with Crippen molar-refractivity contribution in [2.45, 2.75) is 95.6 Å². The number of benzene rings is 4. The van der Waals surface area contributed by atoms with Crippen molar-refractivity contribution in [3.8, 4) is 27.7 Å². The van der Waals surface area contributed by atoms with Crippen LogP contribution in [0.25, 0.3) is 21.5 Å². The lowest BCUT2D eigenvalue weighted by Crippen LogP contribution is -2.57. The van der Waals surface area contributed by atoms with Crippen LogP contribution in [-0.2, 0) is 58.3 Å². The van der Waals surface area contributed by atoms with E-state index in [4.69, 9.17) is 23.7 Å². The molecule has 4 atom stereocenters. The Morgan fingerprint density at radius 3 is 2.22 bits per heavy atom. The molecule has 79 heavy (non-hydrogen) atoms. The minimum absolute atomic E-state index is 0.0165. The molecule has 0 radical (unpaired) electrons. The van der Waals surface area contributed by atoms with Gasteiger partial charge in [0, 0.05) is 63.3 Å². The molecule has 1 aliphatic rings. The van der Waals surface area contributed by atoms with Gasteiger partial charge in [0.1, 0.15) is 29.9 Å². The van der Waals surface area contributed by atoms with Crippen LogP contribution in [0.1, 0.15) is 87.0 Å². The number of thiazole rings is 1. The van der Waals surface area contributed by atoms with Gasteiger partial charge < -0.3 is 44.3 Å². The zero-order valence-electron chi connectivity index (χ0n) is 46.1. The van der Waals surface area contributed by atoms with Gasteiger partial charge in [-0.2, -0.15) is 0 Å². The number of fused-ring (bicyclic) bond motifs is 1. The first-order valence-corrected chi connectivity index (χ1v) is 28.9. The predicted octanol–water partition coefficient (Wildman–Crippen LogP) is 6.90. The van der Waals surface area contributed by atoms with Crippen LogP contribution in [0.2, 0.25) is 0 Å². The number of ketones is 1. The monoisotopic (exact) mass is 1120 g/mol. The molecule has 0 bridgehead atoms. The highest BCUT2D eigenvalue weighted by molar-refractivity contribution is 7.90. The van der Waals surface area contributed by atoms with Crippen molar-refractivity contribution in [1.29, 1.82) is 0 Å². The standard InChI is InChI=1S/C58H72N6O13S2/c1-9-21-76-44-13-11-14-45(31-44)77-51-32-48-47(62(7)57(70)63(48)8)29-42(51)35-79(71,72)46-15-10-12-41(28-46)55(68)59-20-22-73-23-24-74-25-26-75-34-52(67)61-54(58(4,5)6)56(69)64-33-43(65)30-49(64)50(66)27-37(2)39-16-18-40(19-17-39)53-38(3)60-36-78-53/h10-19,28-29,31-32,36-37,43,49,54,65H,9,20-27,30,33-35H2,1-8H3,(H,59,68)(H,61,67)/t37-,43-,49+,54-/m1/s1. The van der Waals surface area contributed by atoms with Crippen LogP contribution < -0.4 is 25.8 Å². The summed E-state index contributed by atoms with van der Waals surface area (Å²) >= 11 is 1.57. The molecule has 0 aliphatic carbocycles. The van der Waals surface area contributed by atoms with E-state index in [9.17, 15) is 37.5 Å². The van der Waals surface area contributed by atoms with Gasteiger partial charge in [-0.15, -0.1) is 11.3 Å². The largest absolute Gasteiger partial charge is 0.493 e. The van der Waals surface area contributed by atoms with Gasteiger partial charge in [-0.3, -0.25) is 28.3 Å². The van der Waals surface area contributed by atoms with Gasteiger partial charge in [0.2, 0.25) is 11.8 Å². The number of carbonyl (C=O) groups is 4. The molecule has 6 aromatic rings. The molecule has 3 N–H and O–H groups in total. The summed E-state index contributed by atoms with van der Waals surface area (Å²) in [4.78, 5) is 73.7. The number of ether oxygens (including phenoxy) is 5. The number of hydrogen-bond donors (Lipinski definition) is 3. The summed E-state index contributed by atoms with van der Waals surface area (Å²) in [5, 5.41) is 16.2. The third-order valence-corrected chi connectivity index (χ3v) is 16.3. The summed E-state index contributed by atoms with van der Waals surface area (Å²) in [6.07, 6.45) is 0.237. The van der Waals surface area contributed by atoms with Gasteiger partial charge in [0.25, 0.3) is 5.91 Å². The van der Waals surface area contributed by atoms with Gasteiger partial charge >= 0.3 is 5.69 Å². The van der Waals surface area contributed by atoms with Crippen LogP contribution >= 0.6 is 11.3 Å². The molecule has 0 unspecified atom stereocenters. The number of amides is 3.